The highest BCUT2D eigenvalue weighted by molar-refractivity contribution is 5.84. The normalized spacial score (nSPS) is 14.7. The van der Waals surface area contributed by atoms with Gasteiger partial charge in [-0.3, -0.25) is 0 Å². The second-order valence-electron chi connectivity index (χ2n) is 9.09. The molecule has 1 aliphatic heterocycles. The first-order valence-electron chi connectivity index (χ1n) is 12.0. The molecule has 12 heteroatoms. The minimum Gasteiger partial charge on any atom is -0.372 e. The molecule has 0 radical (unpaired) electrons. The molecule has 38 heavy (non-hydrogen) atoms. The van der Waals surface area contributed by atoms with Gasteiger partial charge in [0.1, 0.15) is 29.6 Å². The molecule has 0 bridgehead atoms. The first-order valence-corrected chi connectivity index (χ1v) is 12.0. The lowest BCUT2D eigenvalue weighted by Crippen LogP contribution is -2.34. The van der Waals surface area contributed by atoms with Crippen LogP contribution < -0.4 is 10.2 Å². The maximum absolute atomic E-state index is 13.8. The molecule has 1 N–H and O–H groups in total. The molecule has 1 fully saturated rings. The molecule has 0 unspecified atom stereocenters. The van der Waals surface area contributed by atoms with Gasteiger partial charge in [0.25, 0.3) is 0 Å². The van der Waals surface area contributed by atoms with Gasteiger partial charge in [-0.15, -0.1) is 0 Å². The first-order chi connectivity index (χ1) is 18.2. The Labute approximate surface area is 215 Å². The highest BCUT2D eigenvalue weighted by Crippen LogP contribution is 2.38. The Morgan fingerprint density at radius 2 is 1.71 bits per heavy atom. The number of nitrogens with zero attached hydrogens (tertiary/aromatic N) is 6. The van der Waals surface area contributed by atoms with Crippen LogP contribution in [0.1, 0.15) is 30.1 Å². The number of hydrogen-bond acceptors (Lipinski definition) is 6. The Kier molecular flexibility index (Phi) is 6.72. The molecule has 1 saturated heterocycles. The number of hydrogen-bond donors (Lipinski definition) is 1. The SMILES string of the molecule is CNc1ncnc(N2CCC(c3nc(-c4ccc(F)c(C(F)(F)F)c4)cn3C)CC2)c1-c1ccc(F)nc1. The largest absolute Gasteiger partial charge is 0.419 e. The highest BCUT2D eigenvalue weighted by atomic mass is 19.4. The zero-order valence-electron chi connectivity index (χ0n) is 20.6. The van der Waals surface area contributed by atoms with Crippen molar-refractivity contribution >= 4 is 11.6 Å². The second-order valence-corrected chi connectivity index (χ2v) is 9.09. The van der Waals surface area contributed by atoms with E-state index in [2.05, 4.69) is 30.2 Å². The van der Waals surface area contributed by atoms with E-state index in [1.54, 1.807) is 26.4 Å². The Hall–Kier alpha value is -4.09. The second kappa shape index (κ2) is 9.99. The number of anilines is 2. The fraction of sp³-hybridized carbons (Fsp3) is 0.308. The summed E-state index contributed by atoms with van der Waals surface area (Å²) in [5.74, 6) is 0.211. The average molecular weight is 530 g/mol. The van der Waals surface area contributed by atoms with E-state index in [0.717, 1.165) is 36.4 Å². The fourth-order valence-corrected chi connectivity index (χ4v) is 4.85. The summed E-state index contributed by atoms with van der Waals surface area (Å²) < 4.78 is 68.6. The number of pyridine rings is 1. The van der Waals surface area contributed by atoms with E-state index < -0.39 is 23.5 Å². The standard InChI is InChI=1S/C26H24F5N7/c1-32-23-22(17-4-6-21(28)33-12-17)25(35-14-34-23)38-9-7-15(8-10-38)24-36-20(13-37(24)2)16-3-5-19(27)18(11-16)26(29,30)31/h3-6,11-15H,7-10H2,1-2H3,(H,32,34,35). The lowest BCUT2D eigenvalue weighted by atomic mass is 9.95. The van der Waals surface area contributed by atoms with Crippen molar-refractivity contribution in [2.45, 2.75) is 24.9 Å². The first kappa shape index (κ1) is 25.6. The number of benzene rings is 1. The number of halogens is 5. The van der Waals surface area contributed by atoms with Gasteiger partial charge in [-0.1, -0.05) is 0 Å². The van der Waals surface area contributed by atoms with Crippen LogP contribution in [-0.4, -0.2) is 44.6 Å². The van der Waals surface area contributed by atoms with Gasteiger partial charge >= 0.3 is 6.18 Å². The van der Waals surface area contributed by atoms with Crippen LogP contribution in [0.3, 0.4) is 0 Å². The van der Waals surface area contributed by atoms with E-state index in [4.69, 9.17) is 0 Å². The summed E-state index contributed by atoms with van der Waals surface area (Å²) in [7, 11) is 3.55. The van der Waals surface area contributed by atoms with Crippen LogP contribution in [-0.2, 0) is 13.2 Å². The van der Waals surface area contributed by atoms with Crippen molar-refractivity contribution < 1.29 is 22.0 Å². The third-order valence-corrected chi connectivity index (χ3v) is 6.72. The molecular weight excluding hydrogens is 505 g/mol. The average Bonchev–Trinajstić information content (AvgIpc) is 3.30. The van der Waals surface area contributed by atoms with Crippen LogP contribution in [0.4, 0.5) is 33.6 Å². The van der Waals surface area contributed by atoms with E-state index in [1.165, 1.54) is 24.7 Å². The van der Waals surface area contributed by atoms with Crippen LogP contribution in [0.25, 0.3) is 22.4 Å². The van der Waals surface area contributed by atoms with Crippen molar-refractivity contribution in [3.63, 3.8) is 0 Å². The van der Waals surface area contributed by atoms with E-state index in [1.807, 2.05) is 4.57 Å². The summed E-state index contributed by atoms with van der Waals surface area (Å²) in [5.41, 5.74) is 0.650. The van der Waals surface area contributed by atoms with Gasteiger partial charge in [0.05, 0.1) is 16.8 Å². The lowest BCUT2D eigenvalue weighted by Gasteiger charge is -2.33. The zero-order valence-corrected chi connectivity index (χ0v) is 20.6. The van der Waals surface area contributed by atoms with Gasteiger partial charge < -0.3 is 14.8 Å². The number of imidazole rings is 1. The molecule has 0 amide bonds. The lowest BCUT2D eigenvalue weighted by molar-refractivity contribution is -0.139. The molecule has 0 spiro atoms. The Morgan fingerprint density at radius 1 is 0.974 bits per heavy atom. The molecule has 198 valence electrons. The van der Waals surface area contributed by atoms with Crippen molar-refractivity contribution in [2.24, 2.45) is 7.05 Å². The van der Waals surface area contributed by atoms with Gasteiger partial charge in [0, 0.05) is 56.6 Å². The smallest absolute Gasteiger partial charge is 0.372 e. The van der Waals surface area contributed by atoms with Crippen LogP contribution in [0.2, 0.25) is 0 Å². The van der Waals surface area contributed by atoms with E-state index >= 15 is 0 Å². The molecule has 0 atom stereocenters. The summed E-state index contributed by atoms with van der Waals surface area (Å²) in [6, 6.07) is 5.84. The van der Waals surface area contributed by atoms with Gasteiger partial charge in [-0.2, -0.15) is 17.6 Å². The molecule has 7 nitrogen and oxygen atoms in total. The Bertz CT molecular complexity index is 1440. The Balaban J connectivity index is 1.38. The summed E-state index contributed by atoms with van der Waals surface area (Å²) in [6.45, 7) is 1.28. The van der Waals surface area contributed by atoms with Crippen molar-refractivity contribution in [1.82, 2.24) is 24.5 Å². The summed E-state index contributed by atoms with van der Waals surface area (Å²) in [6.07, 6.45) is 1.24. The zero-order chi connectivity index (χ0) is 27.0. The van der Waals surface area contributed by atoms with E-state index in [-0.39, 0.29) is 11.5 Å². The predicted molar refractivity (Wildman–Crippen MR) is 133 cm³/mol. The number of rotatable bonds is 5. The number of piperidine rings is 1. The molecular formula is C26H24F5N7. The third kappa shape index (κ3) is 4.90. The molecule has 3 aromatic heterocycles. The number of alkyl halides is 3. The van der Waals surface area contributed by atoms with Gasteiger partial charge in [-0.05, 0) is 43.2 Å². The van der Waals surface area contributed by atoms with Crippen LogP contribution in [0.15, 0.2) is 49.1 Å². The molecule has 1 aromatic carbocycles. The van der Waals surface area contributed by atoms with Crippen molar-refractivity contribution in [3.8, 4) is 22.4 Å². The summed E-state index contributed by atoms with van der Waals surface area (Å²) in [5, 5.41) is 3.06. The van der Waals surface area contributed by atoms with Crippen LogP contribution in [0.5, 0.6) is 0 Å². The number of aromatic nitrogens is 5. The van der Waals surface area contributed by atoms with Crippen molar-refractivity contribution in [2.75, 3.05) is 30.4 Å². The molecule has 0 saturated carbocycles. The van der Waals surface area contributed by atoms with Gasteiger partial charge in [-0.25, -0.2) is 24.3 Å². The molecule has 1 aliphatic rings. The number of aryl methyl sites for hydroxylation is 1. The van der Waals surface area contributed by atoms with Gasteiger partial charge in [0.2, 0.25) is 5.95 Å². The summed E-state index contributed by atoms with van der Waals surface area (Å²) in [4.78, 5) is 19.3. The summed E-state index contributed by atoms with van der Waals surface area (Å²) >= 11 is 0. The van der Waals surface area contributed by atoms with Crippen molar-refractivity contribution in [1.29, 1.82) is 0 Å². The highest BCUT2D eigenvalue weighted by Gasteiger charge is 2.34. The number of nitrogens with one attached hydrogen (secondary N) is 1. The Morgan fingerprint density at radius 3 is 2.37 bits per heavy atom. The van der Waals surface area contributed by atoms with Gasteiger partial charge in [0.15, 0.2) is 0 Å². The van der Waals surface area contributed by atoms with Crippen LogP contribution in [0, 0.1) is 11.8 Å². The molecule has 4 aromatic rings. The maximum Gasteiger partial charge on any atom is 0.419 e. The van der Waals surface area contributed by atoms with Crippen molar-refractivity contribution in [3.05, 3.63) is 72.2 Å². The monoisotopic (exact) mass is 529 g/mol. The molecule has 4 heterocycles. The third-order valence-electron chi connectivity index (χ3n) is 6.72. The van der Waals surface area contributed by atoms with E-state index in [0.29, 0.717) is 36.0 Å². The molecule has 5 rings (SSSR count). The minimum absolute atomic E-state index is 0.0640. The minimum atomic E-state index is -4.79. The quantitative estimate of drug-likeness (QED) is 0.266. The van der Waals surface area contributed by atoms with E-state index in [9.17, 15) is 22.0 Å². The predicted octanol–water partition coefficient (Wildman–Crippen LogP) is 5.66. The van der Waals surface area contributed by atoms with Crippen LogP contribution >= 0.6 is 0 Å². The maximum atomic E-state index is 13.8. The fourth-order valence-electron chi connectivity index (χ4n) is 4.85. The topological polar surface area (TPSA) is 71.8 Å². The molecule has 0 aliphatic carbocycles.